The molecule has 0 saturated heterocycles. The molecular weight excluding hydrogens is 721 g/mol. The first-order chi connectivity index (χ1) is 28.8. The Morgan fingerprint density at radius 3 is 2.05 bits per heavy atom. The number of nitrogens with zero attached hydrogens (tertiary/aromatic N) is 2. The van der Waals surface area contributed by atoms with E-state index in [9.17, 15) is 0 Å². The number of nitrogens with two attached hydrogens (primary N) is 1. The lowest BCUT2D eigenvalue weighted by Crippen LogP contribution is -2.15. The van der Waals surface area contributed by atoms with Crippen molar-refractivity contribution < 1.29 is 4.42 Å². The van der Waals surface area contributed by atoms with Gasteiger partial charge in [0.05, 0.1) is 11.0 Å². The summed E-state index contributed by atoms with van der Waals surface area (Å²) in [5.41, 5.74) is 22.1. The summed E-state index contributed by atoms with van der Waals surface area (Å²) in [4.78, 5) is 4.20. The molecule has 59 heavy (non-hydrogen) atoms. The summed E-state index contributed by atoms with van der Waals surface area (Å²) in [6.07, 6.45) is 0. The first-order valence-electron chi connectivity index (χ1n) is 20.0. The first kappa shape index (κ1) is 35.9. The molecule has 8 aromatic carbocycles. The molecule has 0 saturated carbocycles. The van der Waals surface area contributed by atoms with Crippen LogP contribution in [0.2, 0.25) is 0 Å². The smallest absolute Gasteiger partial charge is 0.154 e. The summed E-state index contributed by atoms with van der Waals surface area (Å²) >= 11 is 0. The number of rotatable bonds is 4. The summed E-state index contributed by atoms with van der Waals surface area (Å²) in [6.45, 7) is 6.86. The van der Waals surface area contributed by atoms with Crippen LogP contribution in [0, 0.1) is 12.3 Å². The predicted molar refractivity (Wildman–Crippen MR) is 246 cm³/mol. The van der Waals surface area contributed by atoms with Crippen LogP contribution in [-0.4, -0.2) is 16.2 Å². The largest absolute Gasteiger partial charge is 0.456 e. The van der Waals surface area contributed by atoms with Gasteiger partial charge in [-0.1, -0.05) is 153 Å². The zero-order chi connectivity index (χ0) is 40.3. The highest BCUT2D eigenvalue weighted by Crippen LogP contribution is 2.51. The van der Waals surface area contributed by atoms with Gasteiger partial charge in [0.2, 0.25) is 0 Å². The molecule has 2 heterocycles. The van der Waals surface area contributed by atoms with Gasteiger partial charge in [-0.2, -0.15) is 0 Å². The van der Waals surface area contributed by atoms with Gasteiger partial charge in [-0.25, -0.2) is 4.99 Å². The van der Waals surface area contributed by atoms with E-state index in [0.29, 0.717) is 5.84 Å². The molecule has 0 spiro atoms. The Morgan fingerprint density at radius 1 is 0.559 bits per heavy atom. The Balaban J connectivity index is 0.000000159. The maximum atomic E-state index is 8.02. The van der Waals surface area contributed by atoms with E-state index in [4.69, 9.17) is 15.6 Å². The summed E-state index contributed by atoms with van der Waals surface area (Å²) in [5.74, 6) is 0.508. The van der Waals surface area contributed by atoms with Crippen LogP contribution < -0.4 is 5.73 Å². The van der Waals surface area contributed by atoms with Crippen molar-refractivity contribution in [3.63, 3.8) is 0 Å². The lowest BCUT2D eigenvalue weighted by Gasteiger charge is -2.21. The van der Waals surface area contributed by atoms with Crippen molar-refractivity contribution in [2.24, 2.45) is 10.7 Å². The number of aromatic nitrogens is 1. The van der Waals surface area contributed by atoms with Gasteiger partial charge < -0.3 is 14.7 Å². The van der Waals surface area contributed by atoms with E-state index < -0.39 is 0 Å². The highest BCUT2D eigenvalue weighted by molar-refractivity contribution is 6.13. The number of para-hydroxylation sites is 1. The number of furan rings is 1. The fourth-order valence-electron chi connectivity index (χ4n) is 8.88. The summed E-state index contributed by atoms with van der Waals surface area (Å²) in [7, 11) is 0. The Kier molecular flexibility index (Phi) is 8.61. The average molecular weight is 763 g/mol. The van der Waals surface area contributed by atoms with E-state index in [1.165, 1.54) is 60.4 Å². The fourth-order valence-corrected chi connectivity index (χ4v) is 8.88. The molecule has 284 valence electrons. The number of fused-ring (bicyclic) bond motifs is 9. The SMILES string of the molecule is Cc1cccc2oc3ccc(-n4c5ccccc5c5cc6c(cc54)C(C)(C)c4ccccc4-6)cc3c12.N=C(N=C(N)c1ccc(-c2ccccc2)cc1)c1ccccc1. The first-order valence-corrected chi connectivity index (χ1v) is 20.0. The second-order valence-electron chi connectivity index (χ2n) is 15.8. The second-order valence-corrected chi connectivity index (χ2v) is 15.8. The Bertz CT molecular complexity index is 3260. The minimum atomic E-state index is -0.0385. The number of benzene rings is 8. The van der Waals surface area contributed by atoms with E-state index in [0.717, 1.165) is 39.1 Å². The lowest BCUT2D eigenvalue weighted by molar-refractivity contribution is 0.661. The van der Waals surface area contributed by atoms with Crippen molar-refractivity contribution in [1.29, 1.82) is 5.41 Å². The summed E-state index contributed by atoms with van der Waals surface area (Å²) in [6, 6.07) is 62.8. The van der Waals surface area contributed by atoms with Gasteiger partial charge in [0.25, 0.3) is 0 Å². The molecule has 10 aromatic rings. The molecule has 2 aromatic heterocycles. The van der Waals surface area contributed by atoms with Gasteiger partial charge in [0.15, 0.2) is 5.84 Å². The zero-order valence-corrected chi connectivity index (χ0v) is 33.2. The molecule has 0 aliphatic heterocycles. The van der Waals surface area contributed by atoms with Crippen LogP contribution in [0.25, 0.3) is 71.7 Å². The highest BCUT2D eigenvalue weighted by atomic mass is 16.3. The predicted octanol–water partition coefficient (Wildman–Crippen LogP) is 13.4. The fraction of sp³-hybridized carbons (Fsp3) is 0.0741. The summed E-state index contributed by atoms with van der Waals surface area (Å²) in [5, 5.41) is 13.0. The molecule has 11 rings (SSSR count). The number of aliphatic imine (C=N–C) groups is 1. The molecule has 5 nitrogen and oxygen atoms in total. The Morgan fingerprint density at radius 2 is 1.25 bits per heavy atom. The Hall–Kier alpha value is -7.50. The minimum absolute atomic E-state index is 0.0385. The van der Waals surface area contributed by atoms with E-state index in [2.05, 4.69) is 140 Å². The topological polar surface area (TPSA) is 80.3 Å². The van der Waals surface area contributed by atoms with E-state index in [1.807, 2.05) is 72.8 Å². The quantitative estimate of drug-likeness (QED) is 0.138. The third-order valence-corrected chi connectivity index (χ3v) is 11.9. The number of nitrogens with one attached hydrogen (secondary N) is 1. The van der Waals surface area contributed by atoms with Crippen LogP contribution in [0.4, 0.5) is 0 Å². The van der Waals surface area contributed by atoms with Gasteiger partial charge in [-0.05, 0) is 88.3 Å². The van der Waals surface area contributed by atoms with Crippen LogP contribution in [0.3, 0.4) is 0 Å². The normalized spacial score (nSPS) is 13.0. The van der Waals surface area contributed by atoms with Gasteiger partial charge in [-0.3, -0.25) is 5.41 Å². The van der Waals surface area contributed by atoms with Crippen molar-refractivity contribution >= 4 is 55.4 Å². The number of amidine groups is 2. The monoisotopic (exact) mass is 762 g/mol. The number of hydrogen-bond acceptors (Lipinski definition) is 2. The standard InChI is InChI=1S/C34H25NO.C20H17N3/c1-20-9-8-14-32-33(20)26-17-21(15-16-31(26)36-32)35-29-13-7-5-11-23(29)25-18-24-22-10-4-6-12-27(22)34(2,3)28(24)19-30(25)35;21-19(17-9-5-2-6-10-17)23-20(22)18-13-11-16(12-14-18)15-7-3-1-4-8-15/h4-19H,1-3H3;1-14H,(H3,21,22,23). The van der Waals surface area contributed by atoms with Gasteiger partial charge >= 0.3 is 0 Å². The molecular formula is C54H42N4O. The lowest BCUT2D eigenvalue weighted by atomic mass is 9.82. The molecule has 1 aliphatic carbocycles. The van der Waals surface area contributed by atoms with Gasteiger partial charge in [0, 0.05) is 43.8 Å². The molecule has 0 amide bonds. The van der Waals surface area contributed by atoms with Crippen LogP contribution >= 0.6 is 0 Å². The van der Waals surface area contributed by atoms with Gasteiger partial charge in [0.1, 0.15) is 17.0 Å². The highest BCUT2D eigenvalue weighted by Gasteiger charge is 2.36. The zero-order valence-electron chi connectivity index (χ0n) is 33.2. The molecule has 1 aliphatic rings. The van der Waals surface area contributed by atoms with Crippen molar-refractivity contribution in [3.05, 3.63) is 210 Å². The third kappa shape index (κ3) is 6.10. The van der Waals surface area contributed by atoms with E-state index >= 15 is 0 Å². The maximum Gasteiger partial charge on any atom is 0.154 e. The molecule has 0 fully saturated rings. The number of hydrogen-bond donors (Lipinski definition) is 2. The average Bonchev–Trinajstić information content (AvgIpc) is 3.89. The van der Waals surface area contributed by atoms with Crippen LogP contribution in [0.15, 0.2) is 191 Å². The second kappa shape index (κ2) is 14.2. The third-order valence-electron chi connectivity index (χ3n) is 11.9. The van der Waals surface area contributed by atoms with Crippen molar-refractivity contribution in [3.8, 4) is 27.9 Å². The minimum Gasteiger partial charge on any atom is -0.456 e. The van der Waals surface area contributed by atoms with Crippen molar-refractivity contribution in [2.45, 2.75) is 26.2 Å². The van der Waals surface area contributed by atoms with Crippen LogP contribution in [-0.2, 0) is 5.41 Å². The molecule has 0 unspecified atom stereocenters. The van der Waals surface area contributed by atoms with Crippen molar-refractivity contribution in [1.82, 2.24) is 4.57 Å². The van der Waals surface area contributed by atoms with E-state index in [-0.39, 0.29) is 11.3 Å². The van der Waals surface area contributed by atoms with Crippen molar-refractivity contribution in [2.75, 3.05) is 0 Å². The molecule has 5 heteroatoms. The molecule has 3 N–H and O–H groups in total. The summed E-state index contributed by atoms with van der Waals surface area (Å²) < 4.78 is 8.63. The molecule has 0 radical (unpaired) electrons. The molecule has 0 atom stereocenters. The van der Waals surface area contributed by atoms with Crippen LogP contribution in [0.1, 0.15) is 41.7 Å². The maximum absolute atomic E-state index is 8.02. The number of aryl methyl sites for hydroxylation is 1. The molecule has 0 bridgehead atoms. The van der Waals surface area contributed by atoms with E-state index in [1.54, 1.807) is 0 Å². The van der Waals surface area contributed by atoms with Crippen LogP contribution in [0.5, 0.6) is 0 Å². The Labute approximate surface area is 343 Å². The van der Waals surface area contributed by atoms with Gasteiger partial charge in [-0.15, -0.1) is 0 Å².